The summed E-state index contributed by atoms with van der Waals surface area (Å²) in [5.74, 6) is -1.40. The van der Waals surface area contributed by atoms with Crippen molar-refractivity contribution in [2.45, 2.75) is 0 Å². The minimum atomic E-state index is -1.30. The summed E-state index contributed by atoms with van der Waals surface area (Å²) in [5.41, 5.74) is 0.428. The van der Waals surface area contributed by atoms with E-state index in [1.54, 1.807) is 48.5 Å². The number of para-hydroxylation sites is 1. The molecule has 0 aliphatic heterocycles. The van der Waals surface area contributed by atoms with E-state index in [1.807, 2.05) is 6.07 Å². The summed E-state index contributed by atoms with van der Waals surface area (Å²) in [6, 6.07) is 18.4. The van der Waals surface area contributed by atoms with Gasteiger partial charge in [-0.3, -0.25) is 14.9 Å². The van der Waals surface area contributed by atoms with Crippen LogP contribution in [-0.2, 0) is 4.79 Å². The first-order chi connectivity index (χ1) is 16.9. The van der Waals surface area contributed by atoms with Crippen LogP contribution in [0.4, 0.5) is 5.69 Å². The molecule has 0 aliphatic rings. The first kappa shape index (κ1) is 23.1. The summed E-state index contributed by atoms with van der Waals surface area (Å²) in [4.78, 5) is 39.6. The topological polar surface area (TPSA) is 146 Å². The third kappa shape index (κ3) is 4.83. The van der Waals surface area contributed by atoms with E-state index < -0.39 is 28.7 Å². The molecular formula is C24H18N4O7. The van der Waals surface area contributed by atoms with Gasteiger partial charge in [0.1, 0.15) is 0 Å². The number of nitrogens with zero attached hydrogens (tertiary/aromatic N) is 4. The minimum absolute atomic E-state index is 0.0610. The van der Waals surface area contributed by atoms with Gasteiger partial charge in [-0.2, -0.15) is 9.78 Å². The molecule has 0 saturated heterocycles. The first-order valence-corrected chi connectivity index (χ1v) is 10.2. The van der Waals surface area contributed by atoms with Crippen molar-refractivity contribution in [3.63, 3.8) is 0 Å². The van der Waals surface area contributed by atoms with Gasteiger partial charge in [-0.1, -0.05) is 42.5 Å². The summed E-state index contributed by atoms with van der Waals surface area (Å²) in [5, 5.41) is 25.1. The van der Waals surface area contributed by atoms with Crippen molar-refractivity contribution in [1.29, 1.82) is 0 Å². The molecule has 4 aromatic rings. The Hall–Kier alpha value is -5.06. The zero-order valence-corrected chi connectivity index (χ0v) is 18.3. The number of methoxy groups -OCH3 is 1. The van der Waals surface area contributed by atoms with Crippen LogP contribution >= 0.6 is 0 Å². The molecule has 4 rings (SSSR count). The average molecular weight is 474 g/mol. The Morgan fingerprint density at radius 2 is 1.89 bits per heavy atom. The summed E-state index contributed by atoms with van der Waals surface area (Å²) >= 11 is 0. The summed E-state index contributed by atoms with van der Waals surface area (Å²) < 4.78 is 11.4. The van der Waals surface area contributed by atoms with Crippen molar-refractivity contribution in [2.75, 3.05) is 13.7 Å². The zero-order chi connectivity index (χ0) is 24.9. The molecule has 0 amide bonds. The van der Waals surface area contributed by atoms with Gasteiger partial charge in [-0.05, 0) is 18.2 Å². The molecule has 1 heterocycles. The highest BCUT2D eigenvalue weighted by atomic mass is 16.6. The van der Waals surface area contributed by atoms with Crippen LogP contribution < -0.4 is 15.0 Å². The number of aliphatic carboxylic acids is 1. The predicted molar refractivity (Wildman–Crippen MR) is 127 cm³/mol. The number of hydrogen-bond donors (Lipinski definition) is 1. The Balaban J connectivity index is 1.86. The second-order valence-corrected chi connectivity index (χ2v) is 7.19. The third-order valence-corrected chi connectivity index (χ3v) is 4.92. The molecule has 0 radical (unpaired) electrons. The van der Waals surface area contributed by atoms with E-state index in [2.05, 4.69) is 10.1 Å². The van der Waals surface area contributed by atoms with Gasteiger partial charge in [-0.15, -0.1) is 0 Å². The van der Waals surface area contributed by atoms with E-state index in [1.165, 1.54) is 19.4 Å². The number of carboxylic acid groups (broad SMARTS) is 1. The van der Waals surface area contributed by atoms with E-state index in [-0.39, 0.29) is 22.9 Å². The van der Waals surface area contributed by atoms with E-state index in [0.717, 1.165) is 10.7 Å². The van der Waals surface area contributed by atoms with Gasteiger partial charge in [0.2, 0.25) is 5.75 Å². The Bertz CT molecular complexity index is 1510. The number of rotatable bonds is 8. The van der Waals surface area contributed by atoms with Gasteiger partial charge in [0.15, 0.2) is 18.2 Å². The van der Waals surface area contributed by atoms with Gasteiger partial charge >= 0.3 is 11.7 Å². The maximum atomic E-state index is 13.2. The molecule has 1 aromatic heterocycles. The average Bonchev–Trinajstić information content (AvgIpc) is 2.87. The van der Waals surface area contributed by atoms with Crippen molar-refractivity contribution >= 4 is 28.8 Å². The lowest BCUT2D eigenvalue weighted by atomic mass is 10.2. The standard InChI is InChI=1S/C24H18N4O7/c1-34-20-12-15(11-19(28(32)33)22(20)35-14-21(29)30)13-25-27-23(16-7-3-2-4-8-16)26-18-10-6-5-9-17(18)24(27)31/h2-13H,14H2,1H3,(H,29,30). The lowest BCUT2D eigenvalue weighted by molar-refractivity contribution is -0.385. The number of fused-ring (bicyclic) bond motifs is 1. The molecular weight excluding hydrogens is 456 g/mol. The number of carboxylic acids is 1. The smallest absolute Gasteiger partial charge is 0.341 e. The number of nitro benzene ring substituents is 1. The Morgan fingerprint density at radius 1 is 1.17 bits per heavy atom. The molecule has 3 aromatic carbocycles. The van der Waals surface area contributed by atoms with Crippen LogP contribution in [0.5, 0.6) is 11.5 Å². The Labute approximate surface area is 197 Å². The number of benzene rings is 3. The van der Waals surface area contributed by atoms with Crippen LogP contribution in [0.25, 0.3) is 22.3 Å². The van der Waals surface area contributed by atoms with Gasteiger partial charge in [0.25, 0.3) is 5.56 Å². The second kappa shape index (κ2) is 9.83. The number of aromatic nitrogens is 2. The quantitative estimate of drug-likeness (QED) is 0.232. The van der Waals surface area contributed by atoms with E-state index in [9.17, 15) is 19.7 Å². The highest BCUT2D eigenvalue weighted by Crippen LogP contribution is 2.38. The fourth-order valence-electron chi connectivity index (χ4n) is 3.38. The minimum Gasteiger partial charge on any atom is -0.493 e. The number of carbonyl (C=O) groups is 1. The number of nitro groups is 1. The molecule has 35 heavy (non-hydrogen) atoms. The molecule has 11 heteroatoms. The first-order valence-electron chi connectivity index (χ1n) is 10.2. The fourth-order valence-corrected chi connectivity index (χ4v) is 3.38. The number of ether oxygens (including phenoxy) is 2. The van der Waals surface area contributed by atoms with Crippen molar-refractivity contribution in [1.82, 2.24) is 9.66 Å². The molecule has 0 atom stereocenters. The van der Waals surface area contributed by atoms with E-state index in [4.69, 9.17) is 14.6 Å². The molecule has 0 spiro atoms. The lowest BCUT2D eigenvalue weighted by Gasteiger charge is -2.11. The summed E-state index contributed by atoms with van der Waals surface area (Å²) in [6.45, 7) is -0.788. The zero-order valence-electron chi connectivity index (χ0n) is 18.3. The molecule has 0 unspecified atom stereocenters. The summed E-state index contributed by atoms with van der Waals surface area (Å²) in [7, 11) is 1.26. The molecule has 0 aliphatic carbocycles. The largest absolute Gasteiger partial charge is 0.493 e. The summed E-state index contributed by atoms with van der Waals surface area (Å²) in [6.07, 6.45) is 1.25. The van der Waals surface area contributed by atoms with E-state index in [0.29, 0.717) is 16.5 Å². The fraction of sp³-hybridized carbons (Fsp3) is 0.0833. The van der Waals surface area contributed by atoms with Gasteiger partial charge in [0, 0.05) is 17.2 Å². The molecule has 0 saturated carbocycles. The van der Waals surface area contributed by atoms with Crippen LogP contribution in [-0.4, -0.2) is 45.6 Å². The third-order valence-electron chi connectivity index (χ3n) is 4.92. The Kier molecular flexibility index (Phi) is 6.49. The van der Waals surface area contributed by atoms with E-state index >= 15 is 0 Å². The molecule has 176 valence electrons. The lowest BCUT2D eigenvalue weighted by Crippen LogP contribution is -2.20. The van der Waals surface area contributed by atoms with Gasteiger partial charge < -0.3 is 14.6 Å². The van der Waals surface area contributed by atoms with Crippen molar-refractivity contribution < 1.29 is 24.3 Å². The van der Waals surface area contributed by atoms with Crippen LogP contribution in [0.15, 0.2) is 76.6 Å². The van der Waals surface area contributed by atoms with Crippen LogP contribution in [0, 0.1) is 10.1 Å². The van der Waals surface area contributed by atoms with Crippen molar-refractivity contribution in [3.05, 3.63) is 92.8 Å². The van der Waals surface area contributed by atoms with Crippen LogP contribution in [0.3, 0.4) is 0 Å². The molecule has 0 bridgehead atoms. The molecule has 1 N–H and O–H groups in total. The highest BCUT2D eigenvalue weighted by Gasteiger charge is 2.23. The second-order valence-electron chi connectivity index (χ2n) is 7.19. The predicted octanol–water partition coefficient (Wildman–Crippen LogP) is 3.33. The molecule has 0 fully saturated rings. The van der Waals surface area contributed by atoms with Gasteiger partial charge in [0.05, 0.1) is 29.2 Å². The normalized spacial score (nSPS) is 11.0. The highest BCUT2D eigenvalue weighted by molar-refractivity contribution is 5.84. The SMILES string of the molecule is COc1cc(C=Nn2c(-c3ccccc3)nc3ccccc3c2=O)cc([N+](=O)[O-])c1OCC(=O)O. The maximum absolute atomic E-state index is 13.2. The maximum Gasteiger partial charge on any atom is 0.341 e. The van der Waals surface area contributed by atoms with Gasteiger partial charge in [-0.25, -0.2) is 9.78 Å². The van der Waals surface area contributed by atoms with Crippen LogP contribution in [0.2, 0.25) is 0 Å². The monoisotopic (exact) mass is 474 g/mol. The molecule has 11 nitrogen and oxygen atoms in total. The number of hydrogen-bond acceptors (Lipinski definition) is 8. The van der Waals surface area contributed by atoms with Crippen molar-refractivity contribution in [2.24, 2.45) is 5.10 Å². The van der Waals surface area contributed by atoms with Crippen LogP contribution in [0.1, 0.15) is 5.56 Å². The Morgan fingerprint density at radius 3 is 2.57 bits per heavy atom. The van der Waals surface area contributed by atoms with Crippen molar-refractivity contribution in [3.8, 4) is 22.9 Å².